The number of hydrogen-bond acceptors (Lipinski definition) is 10. The number of phosphoric ester groups is 1. The van der Waals surface area contributed by atoms with Crippen molar-refractivity contribution in [3.05, 3.63) is 60.8 Å². The average molecular weight is 798 g/mol. The van der Waals surface area contributed by atoms with Crippen molar-refractivity contribution in [1.82, 2.24) is 0 Å². The van der Waals surface area contributed by atoms with Gasteiger partial charge in [-0.25, -0.2) is 4.57 Å². The van der Waals surface area contributed by atoms with E-state index in [-0.39, 0.29) is 32.6 Å². The lowest BCUT2D eigenvalue weighted by atomic mass is 10.1. The SMILES string of the molecule is CCCCC/C=C\C[C@H](O)/C=C/C=C/C=C\[C@H](O)CCCC(=O)O[C@H](COC(=O)CCCCCCCCC/C=C\CCCCCC)COP(=O)(O)OCCN. The molecule has 0 rings (SSSR count). The topological polar surface area (TPSA) is 175 Å². The number of ether oxygens (including phenoxy) is 2. The molecule has 0 aliphatic heterocycles. The van der Waals surface area contributed by atoms with E-state index in [2.05, 4.69) is 32.1 Å². The molecule has 0 aromatic carbocycles. The molecule has 0 amide bonds. The number of rotatable bonds is 38. The molecule has 0 saturated carbocycles. The van der Waals surface area contributed by atoms with Gasteiger partial charge in [0.2, 0.25) is 0 Å². The van der Waals surface area contributed by atoms with Crippen LogP contribution in [-0.2, 0) is 32.7 Å². The molecule has 4 atom stereocenters. The van der Waals surface area contributed by atoms with Crippen molar-refractivity contribution in [2.24, 2.45) is 5.73 Å². The molecular formula is C43H76NO10P. The first-order valence-electron chi connectivity index (χ1n) is 21.0. The van der Waals surface area contributed by atoms with Crippen LogP contribution >= 0.6 is 7.82 Å². The molecule has 0 aliphatic rings. The van der Waals surface area contributed by atoms with Gasteiger partial charge in [0.15, 0.2) is 6.10 Å². The predicted molar refractivity (Wildman–Crippen MR) is 222 cm³/mol. The van der Waals surface area contributed by atoms with Gasteiger partial charge in [-0.3, -0.25) is 18.6 Å². The van der Waals surface area contributed by atoms with E-state index in [1.165, 1.54) is 70.6 Å². The Morgan fingerprint density at radius 2 is 1.16 bits per heavy atom. The monoisotopic (exact) mass is 798 g/mol. The Bertz CT molecular complexity index is 1120. The van der Waals surface area contributed by atoms with Crippen LogP contribution in [0.4, 0.5) is 0 Å². The molecule has 318 valence electrons. The van der Waals surface area contributed by atoms with Crippen molar-refractivity contribution < 1.29 is 47.8 Å². The number of carbonyl (C=O) groups excluding carboxylic acids is 2. The molecule has 0 aromatic heterocycles. The van der Waals surface area contributed by atoms with Crippen LogP contribution in [0.3, 0.4) is 0 Å². The van der Waals surface area contributed by atoms with E-state index < -0.39 is 44.7 Å². The van der Waals surface area contributed by atoms with Gasteiger partial charge in [-0.2, -0.15) is 0 Å². The summed E-state index contributed by atoms with van der Waals surface area (Å²) in [5, 5.41) is 20.3. The number of phosphoric acid groups is 1. The van der Waals surface area contributed by atoms with Gasteiger partial charge in [0, 0.05) is 19.4 Å². The Balaban J connectivity index is 4.47. The Morgan fingerprint density at radius 3 is 1.80 bits per heavy atom. The van der Waals surface area contributed by atoms with Crippen molar-refractivity contribution in [3.8, 4) is 0 Å². The second kappa shape index (κ2) is 38.5. The highest BCUT2D eigenvalue weighted by atomic mass is 31.2. The first-order chi connectivity index (χ1) is 26.6. The maximum absolute atomic E-state index is 12.6. The minimum atomic E-state index is -4.45. The summed E-state index contributed by atoms with van der Waals surface area (Å²) in [5.41, 5.74) is 5.32. The smallest absolute Gasteiger partial charge is 0.462 e. The van der Waals surface area contributed by atoms with E-state index >= 15 is 0 Å². The van der Waals surface area contributed by atoms with Gasteiger partial charge in [-0.15, -0.1) is 0 Å². The lowest BCUT2D eigenvalue weighted by molar-refractivity contribution is -0.161. The van der Waals surface area contributed by atoms with E-state index in [0.29, 0.717) is 25.7 Å². The number of aliphatic hydroxyl groups is 2. The number of aliphatic hydroxyl groups excluding tert-OH is 2. The van der Waals surface area contributed by atoms with Gasteiger partial charge >= 0.3 is 19.8 Å². The second-order valence-corrected chi connectivity index (χ2v) is 15.4. The van der Waals surface area contributed by atoms with Crippen molar-refractivity contribution in [3.63, 3.8) is 0 Å². The van der Waals surface area contributed by atoms with Crippen LogP contribution in [0.25, 0.3) is 0 Å². The van der Waals surface area contributed by atoms with E-state index in [4.69, 9.17) is 24.3 Å². The van der Waals surface area contributed by atoms with Crippen LogP contribution < -0.4 is 5.73 Å². The van der Waals surface area contributed by atoms with Crippen molar-refractivity contribution in [2.45, 2.75) is 173 Å². The van der Waals surface area contributed by atoms with Crippen LogP contribution in [0.2, 0.25) is 0 Å². The first kappa shape index (κ1) is 52.6. The zero-order valence-electron chi connectivity index (χ0n) is 34.1. The standard InChI is InChI=1S/C43H76NO10P/c1-3-5-7-9-11-12-13-14-15-16-17-18-19-21-27-33-42(47)51-37-41(38-53-55(49,50)52-36-35-44)54-43(48)34-28-32-40(46)31-26-23-22-25-30-39(45)29-24-20-10-8-6-4-2/h12-13,20,22-26,30-31,39-41,45-46H,3-11,14-19,21,27-29,32-38,44H2,1-2H3,(H,49,50)/b13-12-,23-22+,24-20-,30-25+,31-26-/t39-,40-,41+/m0/s1. The summed E-state index contributed by atoms with van der Waals surface area (Å²) in [6.45, 7) is 3.35. The number of unbranched alkanes of at least 4 members (excludes halogenated alkanes) is 14. The maximum Gasteiger partial charge on any atom is 0.472 e. The molecule has 1 unspecified atom stereocenters. The third kappa shape index (κ3) is 38.3. The van der Waals surface area contributed by atoms with Crippen molar-refractivity contribution in [1.29, 1.82) is 0 Å². The highest BCUT2D eigenvalue weighted by Gasteiger charge is 2.26. The van der Waals surface area contributed by atoms with E-state index in [1.54, 1.807) is 36.5 Å². The summed E-state index contributed by atoms with van der Waals surface area (Å²) in [5.74, 6) is -1.08. The lowest BCUT2D eigenvalue weighted by Crippen LogP contribution is -2.29. The fourth-order valence-electron chi connectivity index (χ4n) is 5.35. The molecule has 12 heteroatoms. The van der Waals surface area contributed by atoms with Crippen LogP contribution in [0, 0.1) is 0 Å². The Morgan fingerprint density at radius 1 is 0.636 bits per heavy atom. The maximum atomic E-state index is 12.6. The van der Waals surface area contributed by atoms with Crippen LogP contribution in [-0.4, -0.2) is 71.7 Å². The summed E-state index contributed by atoms with van der Waals surface area (Å²) in [7, 11) is -4.45. The zero-order chi connectivity index (χ0) is 40.7. The van der Waals surface area contributed by atoms with E-state index in [0.717, 1.165) is 32.1 Å². The number of carbonyl (C=O) groups is 2. The Kier molecular flexibility index (Phi) is 36.8. The summed E-state index contributed by atoms with van der Waals surface area (Å²) in [6, 6.07) is 0. The van der Waals surface area contributed by atoms with E-state index in [9.17, 15) is 29.3 Å². The minimum Gasteiger partial charge on any atom is -0.462 e. The van der Waals surface area contributed by atoms with Crippen LogP contribution in [0.15, 0.2) is 60.8 Å². The molecule has 0 bridgehead atoms. The second-order valence-electron chi connectivity index (χ2n) is 13.9. The van der Waals surface area contributed by atoms with Crippen molar-refractivity contribution in [2.75, 3.05) is 26.4 Å². The molecule has 0 radical (unpaired) electrons. The summed E-state index contributed by atoms with van der Waals surface area (Å²) >= 11 is 0. The molecule has 55 heavy (non-hydrogen) atoms. The fraction of sp³-hybridized carbons (Fsp3) is 0.721. The first-order valence-corrected chi connectivity index (χ1v) is 22.5. The molecule has 11 nitrogen and oxygen atoms in total. The molecule has 0 fully saturated rings. The van der Waals surface area contributed by atoms with Crippen molar-refractivity contribution >= 4 is 19.8 Å². The number of hydrogen-bond donors (Lipinski definition) is 4. The largest absolute Gasteiger partial charge is 0.472 e. The fourth-order valence-corrected chi connectivity index (χ4v) is 6.12. The minimum absolute atomic E-state index is 0.0106. The van der Waals surface area contributed by atoms with Gasteiger partial charge in [-0.05, 0) is 64.2 Å². The van der Waals surface area contributed by atoms with Gasteiger partial charge in [0.25, 0.3) is 0 Å². The summed E-state index contributed by atoms with van der Waals surface area (Å²) in [6.07, 6.45) is 37.3. The third-order valence-corrected chi connectivity index (χ3v) is 9.55. The lowest BCUT2D eigenvalue weighted by Gasteiger charge is -2.20. The zero-order valence-corrected chi connectivity index (χ0v) is 35.0. The Labute approximate surface area is 333 Å². The van der Waals surface area contributed by atoms with Gasteiger partial charge in [0.05, 0.1) is 25.4 Å². The van der Waals surface area contributed by atoms with Crippen LogP contribution in [0.1, 0.15) is 155 Å². The molecule has 0 aliphatic carbocycles. The molecule has 0 spiro atoms. The number of nitrogens with two attached hydrogens (primary N) is 1. The van der Waals surface area contributed by atoms with Crippen LogP contribution in [0.5, 0.6) is 0 Å². The normalized spacial score (nSPS) is 15.1. The van der Waals surface area contributed by atoms with Gasteiger partial charge < -0.3 is 30.3 Å². The molecule has 0 heterocycles. The highest BCUT2D eigenvalue weighted by Crippen LogP contribution is 2.43. The van der Waals surface area contributed by atoms with Gasteiger partial charge in [0.1, 0.15) is 6.61 Å². The summed E-state index contributed by atoms with van der Waals surface area (Å²) in [4.78, 5) is 34.8. The highest BCUT2D eigenvalue weighted by molar-refractivity contribution is 7.47. The molecule has 0 aromatic rings. The molecule has 0 saturated heterocycles. The predicted octanol–water partition coefficient (Wildman–Crippen LogP) is 9.66. The average Bonchev–Trinajstić information content (AvgIpc) is 3.16. The molecule has 5 N–H and O–H groups in total. The quantitative estimate of drug-likeness (QED) is 0.0154. The third-order valence-electron chi connectivity index (χ3n) is 8.57. The van der Waals surface area contributed by atoms with Gasteiger partial charge in [-0.1, -0.05) is 139 Å². The number of allylic oxidation sites excluding steroid dienone is 7. The summed E-state index contributed by atoms with van der Waals surface area (Å²) < 4.78 is 32.5. The van der Waals surface area contributed by atoms with E-state index in [1.807, 2.05) is 6.08 Å². The Hall–Kier alpha value is -2.37. The number of esters is 2. The molecular weight excluding hydrogens is 721 g/mol.